The molecule has 1 aliphatic rings. The standard InChI is InChI=1S/C8H8O.C5H12/c1-2-4-8-7(3-1)5-6-9-8;1-5(2,3)4/h1-4H,5-6H2;1-4H3. The third-order valence-electron chi connectivity index (χ3n) is 1.60. The lowest BCUT2D eigenvalue weighted by Crippen LogP contribution is -1.93. The maximum absolute atomic E-state index is 5.30. The van der Waals surface area contributed by atoms with E-state index in [1.165, 1.54) is 5.56 Å². The second kappa shape index (κ2) is 4.50. The Morgan fingerprint density at radius 2 is 1.64 bits per heavy atom. The van der Waals surface area contributed by atoms with Crippen LogP contribution in [0, 0.1) is 5.41 Å². The molecule has 1 aliphatic heterocycles. The minimum Gasteiger partial charge on any atom is -0.493 e. The summed E-state index contributed by atoms with van der Waals surface area (Å²) in [4.78, 5) is 0. The van der Waals surface area contributed by atoms with Crippen LogP contribution in [0.2, 0.25) is 0 Å². The van der Waals surface area contributed by atoms with Crippen molar-refractivity contribution in [3.05, 3.63) is 29.8 Å². The molecule has 0 amide bonds. The van der Waals surface area contributed by atoms with Gasteiger partial charge in [-0.15, -0.1) is 0 Å². The van der Waals surface area contributed by atoms with Gasteiger partial charge in [0.15, 0.2) is 0 Å². The van der Waals surface area contributed by atoms with Crippen molar-refractivity contribution >= 4 is 0 Å². The van der Waals surface area contributed by atoms with Crippen molar-refractivity contribution in [1.82, 2.24) is 0 Å². The highest BCUT2D eigenvalue weighted by Gasteiger charge is 2.08. The van der Waals surface area contributed by atoms with Crippen LogP contribution in [0.4, 0.5) is 0 Å². The molecule has 0 unspecified atom stereocenters. The molecule has 0 N–H and O–H groups in total. The Labute approximate surface area is 87.1 Å². The van der Waals surface area contributed by atoms with E-state index in [9.17, 15) is 0 Å². The zero-order valence-electron chi connectivity index (χ0n) is 9.63. The first-order valence-corrected chi connectivity index (χ1v) is 5.17. The number of fused-ring (bicyclic) bond motifs is 1. The quantitative estimate of drug-likeness (QED) is 0.609. The van der Waals surface area contributed by atoms with E-state index in [0.29, 0.717) is 5.41 Å². The average molecular weight is 192 g/mol. The van der Waals surface area contributed by atoms with Gasteiger partial charge in [-0.25, -0.2) is 0 Å². The zero-order valence-corrected chi connectivity index (χ0v) is 9.63. The average Bonchev–Trinajstić information content (AvgIpc) is 2.47. The minimum atomic E-state index is 0.500. The Bertz CT molecular complexity index is 255. The van der Waals surface area contributed by atoms with Crippen LogP contribution in [0.25, 0.3) is 0 Å². The molecule has 0 fully saturated rings. The predicted octanol–water partition coefficient (Wildman–Crippen LogP) is 3.67. The van der Waals surface area contributed by atoms with Crippen LogP contribution >= 0.6 is 0 Å². The third kappa shape index (κ3) is 4.31. The van der Waals surface area contributed by atoms with Crippen molar-refractivity contribution < 1.29 is 4.74 Å². The third-order valence-corrected chi connectivity index (χ3v) is 1.60. The van der Waals surface area contributed by atoms with E-state index in [2.05, 4.69) is 33.8 Å². The smallest absolute Gasteiger partial charge is 0.122 e. The van der Waals surface area contributed by atoms with Gasteiger partial charge in [0.05, 0.1) is 6.61 Å². The largest absolute Gasteiger partial charge is 0.493 e. The summed E-state index contributed by atoms with van der Waals surface area (Å²) in [5.74, 6) is 1.07. The molecule has 0 aromatic heterocycles. The fourth-order valence-corrected chi connectivity index (χ4v) is 1.12. The maximum atomic E-state index is 5.30. The van der Waals surface area contributed by atoms with Gasteiger partial charge in [-0.2, -0.15) is 0 Å². The van der Waals surface area contributed by atoms with Gasteiger partial charge in [0.1, 0.15) is 5.75 Å². The Morgan fingerprint density at radius 3 is 2.21 bits per heavy atom. The normalized spacial score (nSPS) is 13.7. The molecule has 78 valence electrons. The molecule has 1 nitrogen and oxygen atoms in total. The predicted molar refractivity (Wildman–Crippen MR) is 60.8 cm³/mol. The van der Waals surface area contributed by atoms with Crippen molar-refractivity contribution in [2.75, 3.05) is 6.61 Å². The van der Waals surface area contributed by atoms with Gasteiger partial charge < -0.3 is 4.74 Å². The summed E-state index contributed by atoms with van der Waals surface area (Å²) >= 11 is 0. The van der Waals surface area contributed by atoms with Crippen LogP contribution in [0.5, 0.6) is 5.75 Å². The van der Waals surface area contributed by atoms with E-state index >= 15 is 0 Å². The lowest BCUT2D eigenvalue weighted by molar-refractivity contribution is 0.357. The van der Waals surface area contributed by atoms with Crippen molar-refractivity contribution in [2.45, 2.75) is 34.1 Å². The van der Waals surface area contributed by atoms with E-state index in [-0.39, 0.29) is 0 Å². The molecule has 1 heteroatoms. The summed E-state index contributed by atoms with van der Waals surface area (Å²) in [6, 6.07) is 8.18. The van der Waals surface area contributed by atoms with Crippen LogP contribution in [0.3, 0.4) is 0 Å². The Morgan fingerprint density at radius 1 is 1.07 bits per heavy atom. The molecular formula is C13H20O. The van der Waals surface area contributed by atoms with Gasteiger partial charge in [-0.05, 0) is 17.0 Å². The summed E-state index contributed by atoms with van der Waals surface area (Å²) in [6.07, 6.45) is 1.08. The first-order valence-electron chi connectivity index (χ1n) is 5.17. The molecule has 2 rings (SSSR count). The minimum absolute atomic E-state index is 0.500. The van der Waals surface area contributed by atoms with E-state index in [4.69, 9.17) is 4.74 Å². The zero-order chi connectivity index (χ0) is 10.6. The SMILES string of the molecule is CC(C)(C)C.c1ccc2c(c1)CCO2. The molecule has 0 atom stereocenters. The number of hydrogen-bond acceptors (Lipinski definition) is 1. The van der Waals surface area contributed by atoms with Crippen LogP contribution < -0.4 is 4.74 Å². The Hall–Kier alpha value is -0.980. The van der Waals surface area contributed by atoms with Crippen molar-refractivity contribution in [1.29, 1.82) is 0 Å². The molecule has 0 aliphatic carbocycles. The van der Waals surface area contributed by atoms with Gasteiger partial charge in [0.2, 0.25) is 0 Å². The maximum Gasteiger partial charge on any atom is 0.122 e. The topological polar surface area (TPSA) is 9.23 Å². The Kier molecular flexibility index (Phi) is 3.56. The van der Waals surface area contributed by atoms with Crippen molar-refractivity contribution in [3.63, 3.8) is 0 Å². The summed E-state index contributed by atoms with van der Waals surface area (Å²) in [5, 5.41) is 0. The van der Waals surface area contributed by atoms with Crippen LogP contribution in [-0.2, 0) is 6.42 Å². The number of hydrogen-bond donors (Lipinski definition) is 0. The molecule has 0 radical (unpaired) electrons. The highest BCUT2D eigenvalue weighted by Crippen LogP contribution is 2.23. The van der Waals surface area contributed by atoms with Gasteiger partial charge in [-0.1, -0.05) is 45.9 Å². The molecule has 0 saturated heterocycles. The molecule has 1 heterocycles. The van der Waals surface area contributed by atoms with Gasteiger partial charge in [-0.3, -0.25) is 0 Å². The van der Waals surface area contributed by atoms with E-state index in [0.717, 1.165) is 18.8 Å². The fourth-order valence-electron chi connectivity index (χ4n) is 1.12. The number of ether oxygens (including phenoxy) is 1. The second-order valence-electron chi connectivity index (χ2n) is 5.21. The molecule has 0 saturated carbocycles. The van der Waals surface area contributed by atoms with Crippen molar-refractivity contribution in [3.8, 4) is 5.75 Å². The van der Waals surface area contributed by atoms with E-state index in [1.54, 1.807) is 0 Å². The lowest BCUT2D eigenvalue weighted by atomic mass is 10.0. The molecular weight excluding hydrogens is 172 g/mol. The monoisotopic (exact) mass is 192 g/mol. The van der Waals surface area contributed by atoms with Crippen LogP contribution in [0.15, 0.2) is 24.3 Å². The summed E-state index contributed by atoms with van der Waals surface area (Å²) < 4.78 is 5.30. The van der Waals surface area contributed by atoms with Crippen LogP contribution in [0.1, 0.15) is 33.3 Å². The first kappa shape index (κ1) is 11.1. The van der Waals surface area contributed by atoms with E-state index < -0.39 is 0 Å². The fraction of sp³-hybridized carbons (Fsp3) is 0.538. The number of benzene rings is 1. The first-order chi connectivity index (χ1) is 6.47. The van der Waals surface area contributed by atoms with E-state index in [1.807, 2.05) is 18.2 Å². The lowest BCUT2D eigenvalue weighted by Gasteiger charge is -2.05. The highest BCUT2D eigenvalue weighted by molar-refractivity contribution is 5.35. The summed E-state index contributed by atoms with van der Waals surface area (Å²) in [5.41, 5.74) is 1.84. The summed E-state index contributed by atoms with van der Waals surface area (Å²) in [7, 11) is 0. The molecule has 1 aromatic carbocycles. The second-order valence-corrected chi connectivity index (χ2v) is 5.21. The van der Waals surface area contributed by atoms with Gasteiger partial charge >= 0.3 is 0 Å². The van der Waals surface area contributed by atoms with Gasteiger partial charge in [0, 0.05) is 6.42 Å². The molecule has 1 aromatic rings. The molecule has 0 spiro atoms. The van der Waals surface area contributed by atoms with Crippen molar-refractivity contribution in [2.24, 2.45) is 5.41 Å². The molecule has 14 heavy (non-hydrogen) atoms. The van der Waals surface area contributed by atoms with Crippen LogP contribution in [-0.4, -0.2) is 6.61 Å². The highest BCUT2D eigenvalue weighted by atomic mass is 16.5. The summed E-state index contributed by atoms with van der Waals surface area (Å²) in [6.45, 7) is 9.61. The number of para-hydroxylation sites is 1. The Balaban J connectivity index is 0.000000171. The number of rotatable bonds is 0. The van der Waals surface area contributed by atoms with Gasteiger partial charge in [0.25, 0.3) is 0 Å². The molecule has 0 bridgehead atoms.